The van der Waals surface area contributed by atoms with Gasteiger partial charge < -0.3 is 13.4 Å². The van der Waals surface area contributed by atoms with Gasteiger partial charge in [-0.05, 0) is 81.2 Å². The molecule has 59 heavy (non-hydrogen) atoms. The first kappa shape index (κ1) is 32.1. The zero-order chi connectivity index (χ0) is 38.6. The molecule has 0 fully saturated rings. The number of benzene rings is 9. The number of hydrogen-bond donors (Lipinski definition) is 0. The highest BCUT2D eigenvalue weighted by molar-refractivity contribution is 6.26. The molecule has 274 valence electrons. The Hall–Kier alpha value is -8.02. The number of para-hydroxylation sites is 1. The Bertz CT molecular complexity index is 3840. The van der Waals surface area contributed by atoms with Crippen LogP contribution in [0.25, 0.3) is 127 Å². The van der Waals surface area contributed by atoms with Gasteiger partial charge in [0, 0.05) is 38.1 Å². The monoisotopic (exact) mass is 753 g/mol. The number of rotatable bonds is 4. The molecule has 0 aliphatic carbocycles. The summed E-state index contributed by atoms with van der Waals surface area (Å²) in [5.41, 5.74) is 11.7. The molecule has 4 aromatic heterocycles. The molecule has 5 heteroatoms. The summed E-state index contributed by atoms with van der Waals surface area (Å²) >= 11 is 0. The molecule has 13 aromatic rings. The molecule has 0 saturated carbocycles. The lowest BCUT2D eigenvalue weighted by Crippen LogP contribution is -1.97. The molecule has 0 unspecified atom stereocenters. The molecule has 0 radical (unpaired) electrons. The van der Waals surface area contributed by atoms with Gasteiger partial charge in [-0.15, -0.1) is 0 Å². The summed E-state index contributed by atoms with van der Waals surface area (Å²) in [6, 6.07) is 66.0. The Morgan fingerprint density at radius 2 is 1.07 bits per heavy atom. The van der Waals surface area contributed by atoms with Gasteiger partial charge in [-0.1, -0.05) is 140 Å². The summed E-state index contributed by atoms with van der Waals surface area (Å²) < 4.78 is 16.3. The summed E-state index contributed by atoms with van der Waals surface area (Å²) in [7, 11) is 0. The highest BCUT2D eigenvalue weighted by Crippen LogP contribution is 2.47. The zero-order valence-electron chi connectivity index (χ0n) is 31.6. The highest BCUT2D eigenvalue weighted by atomic mass is 16.3. The van der Waals surface area contributed by atoms with Crippen LogP contribution >= 0.6 is 0 Å². The van der Waals surface area contributed by atoms with E-state index in [9.17, 15) is 0 Å². The van der Waals surface area contributed by atoms with Crippen LogP contribution in [-0.2, 0) is 0 Å². The lowest BCUT2D eigenvalue weighted by atomic mass is 9.97. The van der Waals surface area contributed by atoms with E-state index in [0.29, 0.717) is 17.1 Å². The lowest BCUT2D eigenvalue weighted by molar-refractivity contribution is 0.666. The van der Waals surface area contributed by atoms with Crippen LogP contribution in [0.2, 0.25) is 0 Å². The molecule has 0 atom stereocenters. The van der Waals surface area contributed by atoms with Crippen molar-refractivity contribution in [2.75, 3.05) is 0 Å². The smallest absolute Gasteiger partial charge is 0.180 e. The Morgan fingerprint density at radius 1 is 0.390 bits per heavy atom. The minimum Gasteiger partial charge on any atom is -0.454 e. The van der Waals surface area contributed by atoms with Crippen molar-refractivity contribution < 1.29 is 8.83 Å². The van der Waals surface area contributed by atoms with Crippen LogP contribution in [-0.4, -0.2) is 14.5 Å². The SMILES string of the molecule is c1ccc(-c2ccc3oc4c(-c5ccc(-n6c7ccccc7c7cc8ccccc8cc76)c6oc7ccc8ccccc8c7c56)nc(-c5ccccc5)nc4c3c2)cc1. The average Bonchev–Trinajstić information content (AvgIpc) is 3.98. The molecule has 9 aromatic carbocycles. The second-order valence-corrected chi connectivity index (χ2v) is 15.3. The van der Waals surface area contributed by atoms with E-state index < -0.39 is 0 Å². The molecule has 4 heterocycles. The van der Waals surface area contributed by atoms with Crippen molar-refractivity contribution in [1.29, 1.82) is 0 Å². The minimum atomic E-state index is 0.630. The standard InChI is InChI=1S/C54H31N3O2/c1-3-13-32(14-4-1)37-24-27-46-42(30-37)51-53(58-46)50(55-54(56-51)34-16-5-2-6-17-34)40-25-26-44(52-49(40)48-38-20-10-9-15-33(38)23-28-47(48)59-52)57-43-22-12-11-21-39(43)41-29-35-18-7-8-19-36(35)31-45(41)57/h1-31H. The Morgan fingerprint density at radius 3 is 1.90 bits per heavy atom. The van der Waals surface area contributed by atoms with Crippen LogP contribution in [0, 0.1) is 0 Å². The molecular weight excluding hydrogens is 723 g/mol. The first-order chi connectivity index (χ1) is 29.2. The molecular formula is C54H31N3O2. The fourth-order valence-electron chi connectivity index (χ4n) is 9.27. The summed E-state index contributed by atoms with van der Waals surface area (Å²) in [5, 5.41) is 9.98. The normalized spacial score (nSPS) is 12.1. The number of furan rings is 2. The number of fused-ring (bicyclic) bond motifs is 12. The fourth-order valence-corrected chi connectivity index (χ4v) is 9.27. The number of aromatic nitrogens is 3. The third-order valence-electron chi connectivity index (χ3n) is 12.0. The van der Waals surface area contributed by atoms with Crippen molar-refractivity contribution in [2.45, 2.75) is 0 Å². The van der Waals surface area contributed by atoms with Gasteiger partial charge in [0.05, 0.1) is 16.7 Å². The molecule has 0 N–H and O–H groups in total. The summed E-state index contributed by atoms with van der Waals surface area (Å²) in [6.45, 7) is 0. The maximum absolute atomic E-state index is 7.12. The van der Waals surface area contributed by atoms with Gasteiger partial charge in [0.1, 0.15) is 22.4 Å². The first-order valence-corrected chi connectivity index (χ1v) is 19.9. The highest BCUT2D eigenvalue weighted by Gasteiger charge is 2.26. The maximum Gasteiger partial charge on any atom is 0.180 e. The Labute approximate surface area is 337 Å². The van der Waals surface area contributed by atoms with Crippen molar-refractivity contribution in [1.82, 2.24) is 14.5 Å². The van der Waals surface area contributed by atoms with Gasteiger partial charge >= 0.3 is 0 Å². The van der Waals surface area contributed by atoms with Crippen LogP contribution in [0.5, 0.6) is 0 Å². The quantitative estimate of drug-likeness (QED) is 0.180. The number of nitrogens with zero attached hydrogens (tertiary/aromatic N) is 3. The van der Waals surface area contributed by atoms with Crippen molar-refractivity contribution >= 4 is 87.4 Å². The number of hydrogen-bond acceptors (Lipinski definition) is 4. The van der Waals surface area contributed by atoms with Crippen molar-refractivity contribution in [3.05, 3.63) is 188 Å². The second kappa shape index (κ2) is 12.2. The van der Waals surface area contributed by atoms with E-state index in [2.05, 4.69) is 168 Å². The zero-order valence-corrected chi connectivity index (χ0v) is 31.6. The Balaban J connectivity index is 1.18. The van der Waals surface area contributed by atoms with E-state index in [4.69, 9.17) is 18.8 Å². The maximum atomic E-state index is 7.12. The summed E-state index contributed by atoms with van der Waals surface area (Å²) in [5.74, 6) is 0.630. The topological polar surface area (TPSA) is 57.0 Å². The average molecular weight is 754 g/mol. The van der Waals surface area contributed by atoms with Crippen LogP contribution in [0.4, 0.5) is 0 Å². The van der Waals surface area contributed by atoms with Crippen LogP contribution in [0.3, 0.4) is 0 Å². The predicted molar refractivity (Wildman–Crippen MR) is 242 cm³/mol. The van der Waals surface area contributed by atoms with Crippen LogP contribution < -0.4 is 0 Å². The molecule has 0 spiro atoms. The van der Waals surface area contributed by atoms with Gasteiger partial charge in [-0.2, -0.15) is 0 Å². The molecule has 0 aliphatic rings. The molecule has 0 saturated heterocycles. The van der Waals surface area contributed by atoms with Gasteiger partial charge in [-0.3, -0.25) is 0 Å². The lowest BCUT2D eigenvalue weighted by Gasteiger charge is -2.13. The minimum absolute atomic E-state index is 0.630. The first-order valence-electron chi connectivity index (χ1n) is 19.9. The molecule has 0 aliphatic heterocycles. The third kappa shape index (κ3) is 4.73. The van der Waals surface area contributed by atoms with E-state index in [1.54, 1.807) is 0 Å². The van der Waals surface area contributed by atoms with Crippen LogP contribution in [0.15, 0.2) is 197 Å². The van der Waals surface area contributed by atoms with Crippen molar-refractivity contribution in [3.63, 3.8) is 0 Å². The van der Waals surface area contributed by atoms with Gasteiger partial charge in [0.25, 0.3) is 0 Å². The van der Waals surface area contributed by atoms with E-state index >= 15 is 0 Å². The predicted octanol–water partition coefficient (Wildman–Crippen LogP) is 14.7. The Kier molecular flexibility index (Phi) is 6.66. The summed E-state index contributed by atoms with van der Waals surface area (Å²) in [4.78, 5) is 10.7. The van der Waals surface area contributed by atoms with E-state index in [0.717, 1.165) is 88.2 Å². The van der Waals surface area contributed by atoms with Crippen LogP contribution in [0.1, 0.15) is 0 Å². The van der Waals surface area contributed by atoms with Crippen molar-refractivity contribution in [2.24, 2.45) is 0 Å². The largest absolute Gasteiger partial charge is 0.454 e. The van der Waals surface area contributed by atoms with E-state index in [1.807, 2.05) is 24.3 Å². The van der Waals surface area contributed by atoms with E-state index in [-0.39, 0.29) is 0 Å². The molecule has 13 rings (SSSR count). The van der Waals surface area contributed by atoms with E-state index in [1.165, 1.54) is 21.5 Å². The molecule has 0 bridgehead atoms. The molecule has 5 nitrogen and oxygen atoms in total. The van der Waals surface area contributed by atoms with Gasteiger partial charge in [-0.25, -0.2) is 9.97 Å². The van der Waals surface area contributed by atoms with Crippen molar-refractivity contribution in [3.8, 4) is 39.5 Å². The third-order valence-corrected chi connectivity index (χ3v) is 12.0. The second-order valence-electron chi connectivity index (χ2n) is 15.3. The summed E-state index contributed by atoms with van der Waals surface area (Å²) in [6.07, 6.45) is 0. The molecule has 0 amide bonds. The van der Waals surface area contributed by atoms with Gasteiger partial charge in [0.15, 0.2) is 17.0 Å². The van der Waals surface area contributed by atoms with Gasteiger partial charge in [0.2, 0.25) is 0 Å². The fraction of sp³-hybridized carbons (Fsp3) is 0.